The van der Waals surface area contributed by atoms with Gasteiger partial charge in [-0.1, -0.05) is 198 Å². The molecule has 324 valence electrons. The lowest BCUT2D eigenvalue weighted by Crippen LogP contribution is -2.14. The summed E-state index contributed by atoms with van der Waals surface area (Å²) in [6, 6.07) is 71.4. The molecule has 9 rings (SSSR count). The van der Waals surface area contributed by atoms with Crippen LogP contribution in [0.4, 0.5) is 28.4 Å². The topological polar surface area (TPSA) is 6.48 Å². The Hall–Kier alpha value is -7.94. The largest absolute Gasteiger partial charge is 0.315 e. The van der Waals surface area contributed by atoms with Crippen LogP contribution in [0.1, 0.15) is 69.5 Å². The molecule has 66 heavy (non-hydrogen) atoms. The lowest BCUT2D eigenvalue weighted by atomic mass is 9.92. The summed E-state index contributed by atoms with van der Waals surface area (Å²) >= 11 is 0. The van der Waals surface area contributed by atoms with Crippen molar-refractivity contribution < 1.29 is 0 Å². The van der Waals surface area contributed by atoms with Crippen molar-refractivity contribution in [3.05, 3.63) is 285 Å². The Balaban J connectivity index is 0.000000185. The van der Waals surface area contributed by atoms with Crippen LogP contribution >= 0.6 is 0 Å². The van der Waals surface area contributed by atoms with Gasteiger partial charge in [-0.25, -0.2) is 0 Å². The van der Waals surface area contributed by atoms with E-state index in [1.165, 1.54) is 83.9 Å². The molecule has 0 aliphatic heterocycles. The average molecular weight is 855 g/mol. The van der Waals surface area contributed by atoms with Crippen molar-refractivity contribution in [3.63, 3.8) is 0 Å². The summed E-state index contributed by atoms with van der Waals surface area (Å²) in [6.07, 6.45) is 15.4. The molecule has 0 radical (unpaired) electrons. The van der Waals surface area contributed by atoms with E-state index in [-0.39, 0.29) is 0 Å². The van der Waals surface area contributed by atoms with Crippen LogP contribution in [-0.2, 0) is 0 Å². The number of nitrogens with zero attached hydrogens (tertiary/aromatic N) is 2. The molecule has 0 saturated heterocycles. The van der Waals surface area contributed by atoms with Crippen LogP contribution in [0.5, 0.6) is 0 Å². The first-order valence-electron chi connectivity index (χ1n) is 22.8. The van der Waals surface area contributed by atoms with Gasteiger partial charge >= 0.3 is 0 Å². The summed E-state index contributed by atoms with van der Waals surface area (Å²) < 4.78 is 0. The second kappa shape index (κ2) is 21.2. The van der Waals surface area contributed by atoms with Crippen LogP contribution in [0.3, 0.4) is 0 Å². The maximum atomic E-state index is 2.32. The number of hydrogen-bond acceptors (Lipinski definition) is 2. The van der Waals surface area contributed by atoms with Crippen molar-refractivity contribution in [2.75, 3.05) is 9.80 Å². The van der Waals surface area contributed by atoms with Gasteiger partial charge in [0.05, 0.1) is 0 Å². The van der Waals surface area contributed by atoms with Gasteiger partial charge in [-0.15, -0.1) is 0 Å². The lowest BCUT2D eigenvalue weighted by molar-refractivity contribution is 1.15. The fraction of sp³-hybridized carbons (Fsp3) is 0.0938. The highest BCUT2D eigenvalue weighted by molar-refractivity contribution is 6.00. The Morgan fingerprint density at radius 3 is 1.23 bits per heavy atom. The number of allylic oxidation sites excluding steroid dienone is 5. The Morgan fingerprint density at radius 1 is 0.379 bits per heavy atom. The molecule has 0 spiro atoms. The minimum Gasteiger partial charge on any atom is -0.315 e. The highest BCUT2D eigenvalue weighted by atomic mass is 15.1. The van der Waals surface area contributed by atoms with Gasteiger partial charge in [0, 0.05) is 34.1 Å². The molecule has 2 heteroatoms. The summed E-state index contributed by atoms with van der Waals surface area (Å²) in [5, 5.41) is 0. The molecular formula is C64H58N2. The second-order valence-corrected chi connectivity index (χ2v) is 17.1. The van der Waals surface area contributed by atoms with Gasteiger partial charge in [-0.2, -0.15) is 0 Å². The van der Waals surface area contributed by atoms with Gasteiger partial charge in [0.1, 0.15) is 0 Å². The summed E-state index contributed by atoms with van der Waals surface area (Å²) in [7, 11) is 0. The SMILES string of the molecule is C/C(C=Cc1ccccc1)=C\C=C(/C)N(c1ccc(C)cc1)c1ccc(C)cc1.Cc1ccc(N(c2ccc(C)cc2)c2ccc(C=C3c4ccccc4C=Cc4ccccc43)cc2)cc1. The van der Waals surface area contributed by atoms with Crippen molar-refractivity contribution in [2.45, 2.75) is 41.5 Å². The van der Waals surface area contributed by atoms with Gasteiger partial charge in [0.2, 0.25) is 0 Å². The van der Waals surface area contributed by atoms with E-state index in [1.807, 2.05) is 6.07 Å². The fourth-order valence-corrected chi connectivity index (χ4v) is 8.09. The number of fused-ring (bicyclic) bond motifs is 2. The van der Waals surface area contributed by atoms with Crippen molar-refractivity contribution in [3.8, 4) is 0 Å². The Morgan fingerprint density at radius 2 is 0.773 bits per heavy atom. The third kappa shape index (κ3) is 11.2. The van der Waals surface area contributed by atoms with Gasteiger partial charge < -0.3 is 9.80 Å². The average Bonchev–Trinajstić information content (AvgIpc) is 3.50. The standard InChI is InChI=1S/C36H29N.C28H29N/c1-26-11-19-31(20-12-26)37(32-21-13-27(2)14-22-32)33-23-15-28(16-24-33)25-36-34-9-5-3-7-29(34)17-18-30-8-4-6-10-35(30)36;1-22(11-17-26-8-6-5-7-9-26)10-16-25(4)29(27-18-12-23(2)13-19-27)28-20-14-24(3)15-21-28/h3-25H,1-2H3;5-21H,1-4H3/b;17-11?,22-10+,25-16+. The number of rotatable bonds is 10. The molecule has 2 nitrogen and oxygen atoms in total. The van der Waals surface area contributed by atoms with Gasteiger partial charge in [-0.05, 0) is 153 Å². The van der Waals surface area contributed by atoms with Crippen molar-refractivity contribution in [1.29, 1.82) is 0 Å². The number of hydrogen-bond donors (Lipinski definition) is 0. The highest BCUT2D eigenvalue weighted by Gasteiger charge is 2.16. The number of anilines is 5. The molecule has 8 aromatic carbocycles. The normalized spacial score (nSPS) is 12.1. The molecular weight excluding hydrogens is 797 g/mol. The molecule has 0 aromatic heterocycles. The minimum atomic E-state index is 1.14. The van der Waals surface area contributed by atoms with Gasteiger partial charge in [0.15, 0.2) is 0 Å². The van der Waals surface area contributed by atoms with Crippen molar-refractivity contribution >= 4 is 58.3 Å². The zero-order valence-corrected chi connectivity index (χ0v) is 39.0. The third-order valence-electron chi connectivity index (χ3n) is 11.9. The molecule has 0 saturated carbocycles. The van der Waals surface area contributed by atoms with E-state index in [0.717, 1.165) is 17.1 Å². The molecule has 0 bridgehead atoms. The second-order valence-electron chi connectivity index (χ2n) is 17.1. The maximum absolute atomic E-state index is 2.32. The molecule has 0 unspecified atom stereocenters. The molecule has 1 aliphatic rings. The Bertz CT molecular complexity index is 2880. The van der Waals surface area contributed by atoms with Gasteiger partial charge in [-0.3, -0.25) is 0 Å². The zero-order chi connectivity index (χ0) is 45.8. The quantitative estimate of drug-likeness (QED) is 0.126. The predicted molar refractivity (Wildman–Crippen MR) is 287 cm³/mol. The molecule has 0 atom stereocenters. The smallest absolute Gasteiger partial charge is 0.0462 e. The van der Waals surface area contributed by atoms with E-state index in [0.29, 0.717) is 0 Å². The van der Waals surface area contributed by atoms with Crippen LogP contribution in [0.15, 0.2) is 230 Å². The van der Waals surface area contributed by atoms with Crippen LogP contribution in [0, 0.1) is 27.7 Å². The fourth-order valence-electron chi connectivity index (χ4n) is 8.09. The Kier molecular flexibility index (Phi) is 14.3. The monoisotopic (exact) mass is 854 g/mol. The number of benzene rings is 8. The molecule has 8 aromatic rings. The van der Waals surface area contributed by atoms with Crippen LogP contribution < -0.4 is 9.80 Å². The zero-order valence-electron chi connectivity index (χ0n) is 39.0. The van der Waals surface area contributed by atoms with Gasteiger partial charge in [0.25, 0.3) is 0 Å². The van der Waals surface area contributed by atoms with Crippen LogP contribution in [-0.4, -0.2) is 0 Å². The molecule has 0 fully saturated rings. The van der Waals surface area contributed by atoms with Crippen molar-refractivity contribution in [1.82, 2.24) is 0 Å². The van der Waals surface area contributed by atoms with Crippen LogP contribution in [0.25, 0.3) is 29.9 Å². The highest BCUT2D eigenvalue weighted by Crippen LogP contribution is 2.38. The van der Waals surface area contributed by atoms with E-state index in [4.69, 9.17) is 0 Å². The van der Waals surface area contributed by atoms with E-state index in [1.54, 1.807) is 0 Å². The molecule has 1 aliphatic carbocycles. The summed E-state index contributed by atoms with van der Waals surface area (Å²) in [4.78, 5) is 4.61. The van der Waals surface area contributed by atoms with E-state index < -0.39 is 0 Å². The molecule has 0 heterocycles. The Labute approximate surface area is 393 Å². The van der Waals surface area contributed by atoms with E-state index >= 15 is 0 Å². The van der Waals surface area contributed by atoms with Crippen LogP contribution in [0.2, 0.25) is 0 Å². The first kappa shape index (κ1) is 44.7. The predicted octanol–water partition coefficient (Wildman–Crippen LogP) is 17.9. The van der Waals surface area contributed by atoms with E-state index in [9.17, 15) is 0 Å². The van der Waals surface area contributed by atoms with E-state index in [2.05, 4.69) is 288 Å². The first-order chi connectivity index (χ1) is 32.2. The first-order valence-corrected chi connectivity index (χ1v) is 22.8. The van der Waals surface area contributed by atoms with Crippen molar-refractivity contribution in [2.24, 2.45) is 0 Å². The molecule has 0 amide bonds. The lowest BCUT2D eigenvalue weighted by Gasteiger charge is -2.26. The third-order valence-corrected chi connectivity index (χ3v) is 11.9. The minimum absolute atomic E-state index is 1.14. The summed E-state index contributed by atoms with van der Waals surface area (Å²) in [5.41, 5.74) is 21.8. The summed E-state index contributed by atoms with van der Waals surface area (Å²) in [6.45, 7) is 12.8. The number of aryl methyl sites for hydroxylation is 4. The maximum Gasteiger partial charge on any atom is 0.0462 e. The molecule has 0 N–H and O–H groups in total. The summed E-state index contributed by atoms with van der Waals surface area (Å²) in [5.74, 6) is 0.